The van der Waals surface area contributed by atoms with Gasteiger partial charge in [-0.3, -0.25) is 4.79 Å². The fourth-order valence-electron chi connectivity index (χ4n) is 2.46. The second-order valence-electron chi connectivity index (χ2n) is 5.24. The van der Waals surface area contributed by atoms with Crippen molar-refractivity contribution in [3.8, 4) is 0 Å². The van der Waals surface area contributed by atoms with E-state index in [0.29, 0.717) is 44.0 Å². The number of aryl methyl sites for hydroxylation is 2. The Labute approximate surface area is 129 Å². The predicted octanol–water partition coefficient (Wildman–Crippen LogP) is 0.547. The van der Waals surface area contributed by atoms with Crippen molar-refractivity contribution in [2.24, 2.45) is 5.73 Å². The van der Waals surface area contributed by atoms with Crippen LogP contribution < -0.4 is 5.73 Å². The van der Waals surface area contributed by atoms with Gasteiger partial charge in [0.15, 0.2) is 0 Å². The van der Waals surface area contributed by atoms with E-state index in [1.165, 1.54) is 15.6 Å². The second kappa shape index (κ2) is 6.43. The maximum atomic E-state index is 12.6. The molecule has 0 aliphatic carbocycles. The zero-order valence-corrected chi connectivity index (χ0v) is 14.0. The number of sulfonamides is 1. The molecule has 0 spiro atoms. The van der Waals surface area contributed by atoms with E-state index >= 15 is 0 Å². The van der Waals surface area contributed by atoms with Gasteiger partial charge in [0.1, 0.15) is 0 Å². The summed E-state index contributed by atoms with van der Waals surface area (Å²) in [6.07, 6.45) is 0.315. The predicted molar refractivity (Wildman–Crippen MR) is 82.8 cm³/mol. The van der Waals surface area contributed by atoms with Crippen LogP contribution in [0.2, 0.25) is 0 Å². The van der Waals surface area contributed by atoms with E-state index in [4.69, 9.17) is 5.73 Å². The van der Waals surface area contributed by atoms with Crippen molar-refractivity contribution in [3.63, 3.8) is 0 Å². The van der Waals surface area contributed by atoms with Gasteiger partial charge in [-0.05, 0) is 19.9 Å². The van der Waals surface area contributed by atoms with Crippen LogP contribution in [0.1, 0.15) is 16.2 Å². The molecule has 2 N–H and O–H groups in total. The Morgan fingerprint density at radius 3 is 2.38 bits per heavy atom. The van der Waals surface area contributed by atoms with Gasteiger partial charge in [0.25, 0.3) is 0 Å². The molecule has 6 nitrogen and oxygen atoms in total. The number of hydrogen-bond acceptors (Lipinski definition) is 5. The largest absolute Gasteiger partial charge is 0.370 e. The second-order valence-corrected chi connectivity index (χ2v) is 8.61. The molecule has 1 fully saturated rings. The van der Waals surface area contributed by atoms with Gasteiger partial charge in [-0.15, -0.1) is 11.3 Å². The van der Waals surface area contributed by atoms with Gasteiger partial charge in [0, 0.05) is 48.9 Å². The Kier molecular flexibility index (Phi) is 5.03. The first-order valence-corrected chi connectivity index (χ1v) is 9.14. The van der Waals surface area contributed by atoms with Crippen LogP contribution in [0.25, 0.3) is 0 Å². The summed E-state index contributed by atoms with van der Waals surface area (Å²) in [4.78, 5) is 15.1. The molecule has 1 aliphatic rings. The summed E-state index contributed by atoms with van der Waals surface area (Å²) in [6, 6.07) is 1.74. The zero-order chi connectivity index (χ0) is 15.6. The van der Waals surface area contributed by atoms with E-state index < -0.39 is 10.0 Å². The Balaban J connectivity index is 2.01. The molecule has 1 amide bonds. The van der Waals surface area contributed by atoms with Gasteiger partial charge in [-0.1, -0.05) is 0 Å². The third-order valence-corrected chi connectivity index (χ3v) is 6.74. The lowest BCUT2D eigenvalue weighted by atomic mass is 10.3. The SMILES string of the molecule is Cc1cc(S(=O)(=O)N2CCN(CCC(N)=O)CC2)c(C)s1. The summed E-state index contributed by atoms with van der Waals surface area (Å²) in [6.45, 7) is 6.53. The molecule has 0 bridgehead atoms. The maximum Gasteiger partial charge on any atom is 0.244 e. The number of carbonyl (C=O) groups excluding carboxylic acids is 1. The topological polar surface area (TPSA) is 83.7 Å². The number of rotatable bonds is 5. The molecule has 0 radical (unpaired) electrons. The van der Waals surface area contributed by atoms with E-state index in [9.17, 15) is 13.2 Å². The van der Waals surface area contributed by atoms with Crippen molar-refractivity contribution in [2.45, 2.75) is 25.2 Å². The quantitative estimate of drug-likeness (QED) is 0.854. The molecule has 0 aromatic carbocycles. The van der Waals surface area contributed by atoms with Crippen molar-refractivity contribution >= 4 is 27.3 Å². The molecular weight excluding hydrogens is 310 g/mol. The van der Waals surface area contributed by atoms with Crippen molar-refractivity contribution in [3.05, 3.63) is 15.8 Å². The number of nitrogens with zero attached hydrogens (tertiary/aromatic N) is 2. The summed E-state index contributed by atoms with van der Waals surface area (Å²) in [5.74, 6) is -0.325. The van der Waals surface area contributed by atoms with E-state index in [0.717, 1.165) is 9.75 Å². The van der Waals surface area contributed by atoms with Gasteiger partial charge in [0.2, 0.25) is 15.9 Å². The molecular formula is C13H21N3O3S2. The first-order valence-electron chi connectivity index (χ1n) is 6.88. The standard InChI is InChI=1S/C13H21N3O3S2/c1-10-9-12(11(2)20-10)21(18,19)16-7-5-15(6-8-16)4-3-13(14)17/h9H,3-8H2,1-2H3,(H2,14,17). The fraction of sp³-hybridized carbons (Fsp3) is 0.615. The fourth-order valence-corrected chi connectivity index (χ4v) is 5.41. The number of nitrogens with two attached hydrogens (primary N) is 1. The zero-order valence-electron chi connectivity index (χ0n) is 12.3. The molecule has 1 aromatic heterocycles. The van der Waals surface area contributed by atoms with Crippen LogP contribution in [0.5, 0.6) is 0 Å². The molecule has 0 atom stereocenters. The highest BCUT2D eigenvalue weighted by Crippen LogP contribution is 2.28. The summed E-state index contributed by atoms with van der Waals surface area (Å²) < 4.78 is 26.8. The lowest BCUT2D eigenvalue weighted by Gasteiger charge is -2.33. The first-order chi connectivity index (χ1) is 9.80. The first kappa shape index (κ1) is 16.4. The molecule has 21 heavy (non-hydrogen) atoms. The highest BCUT2D eigenvalue weighted by atomic mass is 32.2. The molecule has 1 saturated heterocycles. The molecule has 118 valence electrons. The smallest absolute Gasteiger partial charge is 0.244 e. The van der Waals surface area contributed by atoms with Gasteiger partial charge < -0.3 is 10.6 Å². The van der Waals surface area contributed by atoms with Crippen LogP contribution in [-0.4, -0.2) is 56.3 Å². The van der Waals surface area contributed by atoms with E-state index in [2.05, 4.69) is 4.90 Å². The molecule has 8 heteroatoms. The lowest BCUT2D eigenvalue weighted by Crippen LogP contribution is -2.49. The van der Waals surface area contributed by atoms with Crippen LogP contribution in [0.15, 0.2) is 11.0 Å². The number of primary amides is 1. The summed E-state index contributed by atoms with van der Waals surface area (Å²) >= 11 is 1.50. The van der Waals surface area contributed by atoms with Gasteiger partial charge in [-0.2, -0.15) is 4.31 Å². The summed E-state index contributed by atoms with van der Waals surface area (Å²) in [5, 5.41) is 0. The Morgan fingerprint density at radius 1 is 1.29 bits per heavy atom. The number of carbonyl (C=O) groups is 1. The molecule has 2 heterocycles. The van der Waals surface area contributed by atoms with E-state index in [1.54, 1.807) is 6.07 Å². The monoisotopic (exact) mass is 331 g/mol. The van der Waals surface area contributed by atoms with Gasteiger partial charge in [-0.25, -0.2) is 8.42 Å². The Bertz CT molecular complexity index is 617. The maximum absolute atomic E-state index is 12.6. The van der Waals surface area contributed by atoms with E-state index in [1.807, 2.05) is 13.8 Å². The highest BCUT2D eigenvalue weighted by Gasteiger charge is 2.30. The van der Waals surface area contributed by atoms with Gasteiger partial charge in [0.05, 0.1) is 4.90 Å². The third kappa shape index (κ3) is 3.82. The number of thiophene rings is 1. The summed E-state index contributed by atoms with van der Waals surface area (Å²) in [7, 11) is -3.40. The van der Waals surface area contributed by atoms with Gasteiger partial charge >= 0.3 is 0 Å². The molecule has 2 rings (SSSR count). The molecule has 1 aliphatic heterocycles. The number of piperazine rings is 1. The Hall–Kier alpha value is -0.960. The molecule has 1 aromatic rings. The minimum atomic E-state index is -3.40. The van der Waals surface area contributed by atoms with Crippen LogP contribution >= 0.6 is 11.3 Å². The highest BCUT2D eigenvalue weighted by molar-refractivity contribution is 7.89. The summed E-state index contributed by atoms with van der Waals surface area (Å²) in [5.41, 5.74) is 5.13. The average molecular weight is 331 g/mol. The third-order valence-electron chi connectivity index (χ3n) is 3.62. The average Bonchev–Trinajstić information content (AvgIpc) is 2.76. The van der Waals surface area contributed by atoms with Crippen molar-refractivity contribution < 1.29 is 13.2 Å². The van der Waals surface area contributed by atoms with Crippen molar-refractivity contribution in [2.75, 3.05) is 32.7 Å². The van der Waals surface area contributed by atoms with Crippen LogP contribution in [0.4, 0.5) is 0 Å². The van der Waals surface area contributed by atoms with Crippen molar-refractivity contribution in [1.82, 2.24) is 9.21 Å². The number of hydrogen-bond donors (Lipinski definition) is 1. The van der Waals surface area contributed by atoms with Crippen LogP contribution in [0, 0.1) is 13.8 Å². The Morgan fingerprint density at radius 2 is 1.90 bits per heavy atom. The normalized spacial score (nSPS) is 18.0. The number of amides is 1. The van der Waals surface area contributed by atoms with E-state index in [-0.39, 0.29) is 5.91 Å². The lowest BCUT2D eigenvalue weighted by molar-refractivity contribution is -0.118. The minimum absolute atomic E-state index is 0.315. The van der Waals surface area contributed by atoms with Crippen LogP contribution in [0.3, 0.4) is 0 Å². The molecule has 0 unspecified atom stereocenters. The molecule has 0 saturated carbocycles. The minimum Gasteiger partial charge on any atom is -0.370 e. The van der Waals surface area contributed by atoms with Crippen LogP contribution in [-0.2, 0) is 14.8 Å². The van der Waals surface area contributed by atoms with Crippen molar-refractivity contribution in [1.29, 1.82) is 0 Å².